The third kappa shape index (κ3) is 4.15. The highest BCUT2D eigenvalue weighted by Gasteiger charge is 2.07. The van der Waals surface area contributed by atoms with Gasteiger partial charge in [-0.25, -0.2) is 4.79 Å². The first-order valence-corrected chi connectivity index (χ1v) is 5.46. The number of hydrogen-bond donors (Lipinski definition) is 1. The van der Waals surface area contributed by atoms with Crippen molar-refractivity contribution in [1.29, 1.82) is 0 Å². The van der Waals surface area contributed by atoms with Gasteiger partial charge < -0.3 is 10.0 Å². The summed E-state index contributed by atoms with van der Waals surface area (Å²) in [5, 5.41) is 8.94. The van der Waals surface area contributed by atoms with Gasteiger partial charge in [0.2, 0.25) is 0 Å². The average molecular weight is 231 g/mol. The van der Waals surface area contributed by atoms with Gasteiger partial charge in [0.05, 0.1) is 0 Å². The van der Waals surface area contributed by atoms with Crippen molar-refractivity contribution < 1.29 is 9.90 Å². The van der Waals surface area contributed by atoms with Crippen LogP contribution in [0.3, 0.4) is 0 Å². The summed E-state index contributed by atoms with van der Waals surface area (Å²) < 4.78 is 0. The molecule has 0 aliphatic carbocycles. The Balaban J connectivity index is 2.69. The maximum Gasteiger partial charge on any atom is 0.407 e. The molecule has 0 bridgehead atoms. The topological polar surface area (TPSA) is 40.5 Å². The Morgan fingerprint density at radius 1 is 1.35 bits per heavy atom. The van der Waals surface area contributed by atoms with Crippen LogP contribution in [-0.4, -0.2) is 29.2 Å². The van der Waals surface area contributed by atoms with Crippen LogP contribution in [0.1, 0.15) is 12.5 Å². The van der Waals surface area contributed by atoms with E-state index in [9.17, 15) is 4.79 Å². The molecule has 0 unspecified atom stereocenters. The normalized spacial score (nSPS) is 11.0. The van der Waals surface area contributed by atoms with Crippen molar-refractivity contribution in [3.63, 3.8) is 0 Å². The van der Waals surface area contributed by atoms with Crippen LogP contribution < -0.4 is 0 Å². The van der Waals surface area contributed by atoms with Gasteiger partial charge in [-0.15, -0.1) is 6.58 Å². The van der Waals surface area contributed by atoms with Crippen LogP contribution in [0.25, 0.3) is 5.57 Å². The van der Waals surface area contributed by atoms with Crippen molar-refractivity contribution >= 4 is 11.7 Å². The Morgan fingerprint density at radius 3 is 2.53 bits per heavy atom. The van der Waals surface area contributed by atoms with Crippen LogP contribution in [0.5, 0.6) is 0 Å². The highest BCUT2D eigenvalue weighted by Crippen LogP contribution is 2.12. The number of amides is 1. The smallest absolute Gasteiger partial charge is 0.407 e. The standard InChI is InChI=1S/C14H17NO2/c1-3-10-15(14(16)17)11-9-12(2)13-7-5-4-6-8-13/h3-9H,1,10-11H2,2H3,(H,16,17). The average Bonchev–Trinajstić information content (AvgIpc) is 2.34. The maximum absolute atomic E-state index is 10.9. The second-order valence-electron chi connectivity index (χ2n) is 3.73. The molecule has 0 atom stereocenters. The number of hydrogen-bond acceptors (Lipinski definition) is 1. The monoisotopic (exact) mass is 231 g/mol. The van der Waals surface area contributed by atoms with Gasteiger partial charge in [-0.05, 0) is 18.1 Å². The first-order chi connectivity index (χ1) is 8.15. The molecule has 0 aliphatic rings. The van der Waals surface area contributed by atoms with E-state index in [1.54, 1.807) is 6.08 Å². The lowest BCUT2D eigenvalue weighted by Gasteiger charge is -2.15. The number of rotatable bonds is 5. The molecular formula is C14H17NO2. The van der Waals surface area contributed by atoms with Crippen LogP contribution in [0.4, 0.5) is 4.79 Å². The first-order valence-electron chi connectivity index (χ1n) is 5.46. The SMILES string of the molecule is C=CCN(CC=C(C)c1ccccc1)C(=O)O. The largest absolute Gasteiger partial charge is 0.465 e. The maximum atomic E-state index is 10.9. The Kier molecular flexibility index (Phi) is 5.01. The van der Waals surface area contributed by atoms with Crippen LogP contribution in [0, 0.1) is 0 Å². The van der Waals surface area contributed by atoms with Crippen molar-refractivity contribution in [2.24, 2.45) is 0 Å². The lowest BCUT2D eigenvalue weighted by molar-refractivity contribution is 0.155. The van der Waals surface area contributed by atoms with Gasteiger partial charge in [0.25, 0.3) is 0 Å². The minimum Gasteiger partial charge on any atom is -0.465 e. The van der Waals surface area contributed by atoms with E-state index in [0.29, 0.717) is 13.1 Å². The molecular weight excluding hydrogens is 214 g/mol. The summed E-state index contributed by atoms with van der Waals surface area (Å²) in [6.07, 6.45) is 2.56. The van der Waals surface area contributed by atoms with E-state index in [1.165, 1.54) is 4.90 Å². The van der Waals surface area contributed by atoms with E-state index >= 15 is 0 Å². The number of allylic oxidation sites excluding steroid dienone is 1. The van der Waals surface area contributed by atoms with E-state index in [1.807, 2.05) is 43.3 Å². The van der Waals surface area contributed by atoms with E-state index in [-0.39, 0.29) is 0 Å². The molecule has 1 aromatic rings. The molecule has 0 heterocycles. The molecule has 0 fully saturated rings. The molecule has 17 heavy (non-hydrogen) atoms. The molecule has 90 valence electrons. The fourth-order valence-corrected chi connectivity index (χ4v) is 1.45. The van der Waals surface area contributed by atoms with E-state index in [2.05, 4.69) is 6.58 Å². The summed E-state index contributed by atoms with van der Waals surface area (Å²) in [6.45, 7) is 6.24. The third-order valence-electron chi connectivity index (χ3n) is 2.47. The van der Waals surface area contributed by atoms with Crippen molar-refractivity contribution in [1.82, 2.24) is 4.90 Å². The molecule has 0 saturated carbocycles. The van der Waals surface area contributed by atoms with Crippen molar-refractivity contribution in [3.05, 3.63) is 54.6 Å². The highest BCUT2D eigenvalue weighted by molar-refractivity contribution is 5.67. The third-order valence-corrected chi connectivity index (χ3v) is 2.47. The number of carboxylic acid groups (broad SMARTS) is 1. The fourth-order valence-electron chi connectivity index (χ4n) is 1.45. The van der Waals surface area contributed by atoms with E-state index < -0.39 is 6.09 Å². The minimum atomic E-state index is -0.929. The summed E-state index contributed by atoms with van der Waals surface area (Å²) in [4.78, 5) is 12.2. The zero-order valence-electron chi connectivity index (χ0n) is 9.97. The summed E-state index contributed by atoms with van der Waals surface area (Å²) in [7, 11) is 0. The first kappa shape index (κ1) is 13.0. The Labute approximate surface area is 102 Å². The quantitative estimate of drug-likeness (QED) is 0.790. The zero-order chi connectivity index (χ0) is 12.7. The number of benzene rings is 1. The van der Waals surface area contributed by atoms with E-state index in [4.69, 9.17) is 5.11 Å². The number of carbonyl (C=O) groups is 1. The van der Waals surface area contributed by atoms with Crippen molar-refractivity contribution in [3.8, 4) is 0 Å². The van der Waals surface area contributed by atoms with Gasteiger partial charge in [0.15, 0.2) is 0 Å². The molecule has 0 spiro atoms. The van der Waals surface area contributed by atoms with Gasteiger partial charge in [-0.3, -0.25) is 0 Å². The van der Waals surface area contributed by atoms with Crippen molar-refractivity contribution in [2.75, 3.05) is 13.1 Å². The summed E-state index contributed by atoms with van der Waals surface area (Å²) in [5.41, 5.74) is 2.18. The molecule has 0 saturated heterocycles. The Bertz CT molecular complexity index is 409. The molecule has 0 radical (unpaired) electrons. The molecule has 1 aromatic carbocycles. The predicted octanol–water partition coefficient (Wildman–Crippen LogP) is 3.26. The minimum absolute atomic E-state index is 0.341. The van der Waals surface area contributed by atoms with Gasteiger partial charge >= 0.3 is 6.09 Å². The van der Waals surface area contributed by atoms with Crippen LogP contribution >= 0.6 is 0 Å². The molecule has 1 N–H and O–H groups in total. The molecule has 1 rings (SSSR count). The van der Waals surface area contributed by atoms with Crippen LogP contribution in [0.2, 0.25) is 0 Å². The summed E-state index contributed by atoms with van der Waals surface area (Å²) in [5.74, 6) is 0. The summed E-state index contributed by atoms with van der Waals surface area (Å²) in [6, 6.07) is 9.89. The molecule has 3 nitrogen and oxygen atoms in total. The second-order valence-corrected chi connectivity index (χ2v) is 3.73. The molecule has 0 aromatic heterocycles. The lowest BCUT2D eigenvalue weighted by Crippen LogP contribution is -2.29. The number of nitrogens with zero attached hydrogens (tertiary/aromatic N) is 1. The Morgan fingerprint density at radius 2 is 2.00 bits per heavy atom. The van der Waals surface area contributed by atoms with Crippen LogP contribution in [-0.2, 0) is 0 Å². The second kappa shape index (κ2) is 6.53. The molecule has 3 heteroatoms. The Hall–Kier alpha value is -2.03. The zero-order valence-corrected chi connectivity index (χ0v) is 9.97. The molecule has 0 aliphatic heterocycles. The fraction of sp³-hybridized carbons (Fsp3) is 0.214. The highest BCUT2D eigenvalue weighted by atomic mass is 16.4. The van der Waals surface area contributed by atoms with Gasteiger partial charge in [-0.1, -0.05) is 42.5 Å². The predicted molar refractivity (Wildman–Crippen MR) is 69.9 cm³/mol. The van der Waals surface area contributed by atoms with Gasteiger partial charge in [0, 0.05) is 13.1 Å². The lowest BCUT2D eigenvalue weighted by atomic mass is 10.1. The van der Waals surface area contributed by atoms with E-state index in [0.717, 1.165) is 11.1 Å². The van der Waals surface area contributed by atoms with Crippen molar-refractivity contribution in [2.45, 2.75) is 6.92 Å². The van der Waals surface area contributed by atoms with Crippen LogP contribution in [0.15, 0.2) is 49.1 Å². The molecule has 1 amide bonds. The van der Waals surface area contributed by atoms with Gasteiger partial charge in [-0.2, -0.15) is 0 Å². The summed E-state index contributed by atoms with van der Waals surface area (Å²) >= 11 is 0. The van der Waals surface area contributed by atoms with Gasteiger partial charge in [0.1, 0.15) is 0 Å².